The van der Waals surface area contributed by atoms with Gasteiger partial charge >= 0.3 is 0 Å². The van der Waals surface area contributed by atoms with Gasteiger partial charge < -0.3 is 15.5 Å². The van der Waals surface area contributed by atoms with E-state index in [1.165, 1.54) is 6.42 Å². The van der Waals surface area contributed by atoms with E-state index >= 15 is 0 Å². The van der Waals surface area contributed by atoms with E-state index in [9.17, 15) is 9.59 Å². The third-order valence-electron chi connectivity index (χ3n) is 4.99. The second-order valence-corrected chi connectivity index (χ2v) is 7.33. The van der Waals surface area contributed by atoms with Crippen molar-refractivity contribution in [2.24, 2.45) is 0 Å². The number of piperidine rings is 1. The van der Waals surface area contributed by atoms with Crippen molar-refractivity contribution >= 4 is 34.8 Å². The van der Waals surface area contributed by atoms with Crippen LogP contribution < -0.4 is 15.5 Å². The van der Waals surface area contributed by atoms with E-state index in [-0.39, 0.29) is 23.7 Å². The molecular formula is C22H26ClN3O2. The van der Waals surface area contributed by atoms with Gasteiger partial charge in [0.1, 0.15) is 5.88 Å². The van der Waals surface area contributed by atoms with Crippen molar-refractivity contribution in [1.29, 1.82) is 0 Å². The molecule has 1 aliphatic heterocycles. The molecule has 2 amide bonds. The quantitative estimate of drug-likeness (QED) is 0.710. The highest BCUT2D eigenvalue weighted by atomic mass is 35.5. The highest BCUT2D eigenvalue weighted by Gasteiger charge is 2.21. The first-order valence-electron chi connectivity index (χ1n) is 9.69. The van der Waals surface area contributed by atoms with E-state index in [1.807, 2.05) is 49.4 Å². The molecule has 0 aliphatic carbocycles. The van der Waals surface area contributed by atoms with Crippen LogP contribution in [0, 0.1) is 0 Å². The standard InChI is InChI=1S/C22H26ClN3O2/c1-16(17-8-4-2-5-9-17)24-22(28)19-14-18(25-21(27)15-23)10-11-20(19)26-12-6-3-7-13-26/h2,4-5,8-11,14,16H,3,6-7,12-13,15H2,1H3,(H,24,28)(H,25,27). The number of rotatable bonds is 6. The molecule has 1 unspecified atom stereocenters. The minimum absolute atomic E-state index is 0.121. The summed E-state index contributed by atoms with van der Waals surface area (Å²) in [6.07, 6.45) is 3.45. The van der Waals surface area contributed by atoms with Gasteiger partial charge in [0, 0.05) is 24.5 Å². The van der Waals surface area contributed by atoms with Gasteiger partial charge in [-0.15, -0.1) is 11.6 Å². The van der Waals surface area contributed by atoms with Crippen LogP contribution in [0.25, 0.3) is 0 Å². The number of anilines is 2. The molecule has 1 fully saturated rings. The zero-order valence-electron chi connectivity index (χ0n) is 16.1. The molecule has 0 spiro atoms. The van der Waals surface area contributed by atoms with E-state index < -0.39 is 0 Å². The summed E-state index contributed by atoms with van der Waals surface area (Å²) in [4.78, 5) is 27.0. The molecule has 0 saturated carbocycles. The van der Waals surface area contributed by atoms with Crippen LogP contribution >= 0.6 is 11.6 Å². The van der Waals surface area contributed by atoms with Gasteiger partial charge in [-0.25, -0.2) is 0 Å². The number of alkyl halides is 1. The molecule has 148 valence electrons. The largest absolute Gasteiger partial charge is 0.371 e. The number of hydrogen-bond acceptors (Lipinski definition) is 3. The SMILES string of the molecule is CC(NC(=O)c1cc(NC(=O)CCl)ccc1N1CCCCC1)c1ccccc1. The first-order chi connectivity index (χ1) is 13.6. The van der Waals surface area contributed by atoms with Gasteiger partial charge in [0.2, 0.25) is 5.91 Å². The van der Waals surface area contributed by atoms with Gasteiger partial charge in [0.15, 0.2) is 0 Å². The highest BCUT2D eigenvalue weighted by molar-refractivity contribution is 6.29. The second-order valence-electron chi connectivity index (χ2n) is 7.07. The van der Waals surface area contributed by atoms with Crippen LogP contribution in [-0.4, -0.2) is 30.8 Å². The predicted octanol–water partition coefficient (Wildman–Crippen LogP) is 4.35. The number of nitrogens with one attached hydrogen (secondary N) is 2. The summed E-state index contributed by atoms with van der Waals surface area (Å²) in [7, 11) is 0. The lowest BCUT2D eigenvalue weighted by Gasteiger charge is -2.31. The van der Waals surface area contributed by atoms with Crippen molar-refractivity contribution in [3.05, 3.63) is 59.7 Å². The fraction of sp³-hybridized carbons (Fsp3) is 0.364. The average Bonchev–Trinajstić information content (AvgIpc) is 2.74. The molecule has 1 atom stereocenters. The van der Waals surface area contributed by atoms with Crippen molar-refractivity contribution in [2.45, 2.75) is 32.2 Å². The number of amides is 2. The van der Waals surface area contributed by atoms with E-state index in [4.69, 9.17) is 11.6 Å². The summed E-state index contributed by atoms with van der Waals surface area (Å²) in [6, 6.07) is 15.2. The molecule has 0 aromatic heterocycles. The minimum atomic E-state index is -0.295. The van der Waals surface area contributed by atoms with E-state index in [0.29, 0.717) is 11.3 Å². The number of halogens is 1. The Kier molecular flexibility index (Phi) is 6.93. The summed E-state index contributed by atoms with van der Waals surface area (Å²) in [5, 5.41) is 5.81. The molecule has 2 aromatic rings. The van der Waals surface area contributed by atoms with Gasteiger partial charge in [-0.05, 0) is 49.9 Å². The first-order valence-corrected chi connectivity index (χ1v) is 10.2. The molecule has 6 heteroatoms. The van der Waals surface area contributed by atoms with E-state index in [1.54, 1.807) is 6.07 Å². The summed E-state index contributed by atoms with van der Waals surface area (Å²) in [5.74, 6) is -0.573. The third kappa shape index (κ3) is 5.04. The number of benzene rings is 2. The molecule has 0 bridgehead atoms. The highest BCUT2D eigenvalue weighted by Crippen LogP contribution is 2.28. The fourth-order valence-electron chi connectivity index (χ4n) is 3.50. The van der Waals surface area contributed by atoms with Crippen LogP contribution in [0.1, 0.15) is 48.1 Å². The Morgan fingerprint density at radius 3 is 2.46 bits per heavy atom. The zero-order chi connectivity index (χ0) is 19.9. The van der Waals surface area contributed by atoms with Crippen LogP contribution in [0.3, 0.4) is 0 Å². The molecule has 1 saturated heterocycles. The van der Waals surface area contributed by atoms with Crippen molar-refractivity contribution < 1.29 is 9.59 Å². The Hall–Kier alpha value is -2.53. The van der Waals surface area contributed by atoms with Crippen LogP contribution in [-0.2, 0) is 4.79 Å². The molecule has 2 N–H and O–H groups in total. The van der Waals surface area contributed by atoms with Crippen LogP contribution in [0.15, 0.2) is 48.5 Å². The van der Waals surface area contributed by atoms with Crippen molar-refractivity contribution in [3.8, 4) is 0 Å². The van der Waals surface area contributed by atoms with Gasteiger partial charge in [0.25, 0.3) is 5.91 Å². The number of carbonyl (C=O) groups excluding carboxylic acids is 2. The second kappa shape index (κ2) is 9.60. The first kappa shape index (κ1) is 20.2. The van der Waals surface area contributed by atoms with E-state index in [0.717, 1.165) is 37.2 Å². The maximum absolute atomic E-state index is 13.1. The lowest BCUT2D eigenvalue weighted by atomic mass is 10.0. The molecule has 5 nitrogen and oxygen atoms in total. The van der Waals surface area contributed by atoms with Crippen LogP contribution in [0.2, 0.25) is 0 Å². The van der Waals surface area contributed by atoms with Crippen molar-refractivity contribution in [3.63, 3.8) is 0 Å². The summed E-state index contributed by atoms with van der Waals surface area (Å²) in [5.41, 5.74) is 3.09. The molecule has 2 aromatic carbocycles. The van der Waals surface area contributed by atoms with Crippen LogP contribution in [0.4, 0.5) is 11.4 Å². The number of hydrogen-bond donors (Lipinski definition) is 2. The van der Waals surface area contributed by atoms with Crippen molar-refractivity contribution in [2.75, 3.05) is 29.2 Å². The number of nitrogens with zero attached hydrogens (tertiary/aromatic N) is 1. The summed E-state index contributed by atoms with van der Waals surface area (Å²) >= 11 is 5.59. The van der Waals surface area contributed by atoms with Gasteiger partial charge in [-0.1, -0.05) is 30.3 Å². The lowest BCUT2D eigenvalue weighted by Crippen LogP contribution is -2.33. The Morgan fingerprint density at radius 2 is 1.79 bits per heavy atom. The molecule has 0 radical (unpaired) electrons. The normalized spacial score (nSPS) is 15.0. The van der Waals surface area contributed by atoms with Gasteiger partial charge in [-0.3, -0.25) is 9.59 Å². The average molecular weight is 400 g/mol. The maximum atomic E-state index is 13.1. The van der Waals surface area contributed by atoms with Gasteiger partial charge in [-0.2, -0.15) is 0 Å². The Labute approximate surface area is 171 Å². The summed E-state index contributed by atoms with van der Waals surface area (Å²) in [6.45, 7) is 3.83. The van der Waals surface area contributed by atoms with Crippen LogP contribution in [0.5, 0.6) is 0 Å². The van der Waals surface area contributed by atoms with Gasteiger partial charge in [0.05, 0.1) is 11.6 Å². The minimum Gasteiger partial charge on any atom is -0.371 e. The zero-order valence-corrected chi connectivity index (χ0v) is 16.8. The monoisotopic (exact) mass is 399 g/mol. The molecule has 3 rings (SSSR count). The molecular weight excluding hydrogens is 374 g/mol. The topological polar surface area (TPSA) is 61.4 Å². The van der Waals surface area contributed by atoms with E-state index in [2.05, 4.69) is 15.5 Å². The maximum Gasteiger partial charge on any atom is 0.253 e. The predicted molar refractivity (Wildman–Crippen MR) is 114 cm³/mol. The Balaban J connectivity index is 1.86. The fourth-order valence-corrected chi connectivity index (χ4v) is 3.57. The smallest absolute Gasteiger partial charge is 0.253 e. The molecule has 1 heterocycles. The lowest BCUT2D eigenvalue weighted by molar-refractivity contribution is -0.113. The Bertz CT molecular complexity index is 820. The summed E-state index contributed by atoms with van der Waals surface area (Å²) < 4.78 is 0. The number of carbonyl (C=O) groups is 2. The molecule has 28 heavy (non-hydrogen) atoms. The Morgan fingerprint density at radius 1 is 1.07 bits per heavy atom. The third-order valence-corrected chi connectivity index (χ3v) is 5.23. The molecule has 1 aliphatic rings. The van der Waals surface area contributed by atoms with Crippen molar-refractivity contribution in [1.82, 2.24) is 5.32 Å².